The van der Waals surface area contributed by atoms with Gasteiger partial charge in [-0.25, -0.2) is 4.98 Å². The molecule has 152 valence electrons. The van der Waals surface area contributed by atoms with E-state index in [0.717, 1.165) is 47.0 Å². The van der Waals surface area contributed by atoms with Crippen LogP contribution < -0.4 is 4.74 Å². The summed E-state index contributed by atoms with van der Waals surface area (Å²) in [6, 6.07) is 10.1. The summed E-state index contributed by atoms with van der Waals surface area (Å²) in [5, 5.41) is 0.594. The first-order valence-electron chi connectivity index (χ1n) is 10.1. The smallest absolute Gasteiger partial charge is 0.141 e. The second-order valence-corrected chi connectivity index (χ2v) is 7.90. The van der Waals surface area contributed by atoms with E-state index in [-0.39, 0.29) is 6.10 Å². The summed E-state index contributed by atoms with van der Waals surface area (Å²) in [6.07, 6.45) is 0.939. The second-order valence-electron chi connectivity index (χ2n) is 7.49. The first-order chi connectivity index (χ1) is 14.0. The maximum Gasteiger partial charge on any atom is 0.141 e. The summed E-state index contributed by atoms with van der Waals surface area (Å²) in [7, 11) is 0. The molecule has 1 aliphatic heterocycles. The van der Waals surface area contributed by atoms with Crippen LogP contribution in [-0.4, -0.2) is 33.9 Å². The van der Waals surface area contributed by atoms with Crippen molar-refractivity contribution in [1.29, 1.82) is 0 Å². The number of benzene rings is 1. The van der Waals surface area contributed by atoms with E-state index < -0.39 is 0 Å². The number of halogens is 1. The van der Waals surface area contributed by atoms with Crippen LogP contribution in [0, 0.1) is 13.8 Å². The average Bonchev–Trinajstić information content (AvgIpc) is 2.89. The fourth-order valence-electron chi connectivity index (χ4n) is 3.94. The van der Waals surface area contributed by atoms with Crippen LogP contribution in [0.5, 0.6) is 5.75 Å². The quantitative estimate of drug-likeness (QED) is 0.588. The molecule has 1 aliphatic rings. The molecule has 0 bridgehead atoms. The number of aromatic nitrogens is 3. The Kier molecular flexibility index (Phi) is 5.61. The molecule has 2 aromatic heterocycles. The number of pyridine rings is 1. The highest BCUT2D eigenvalue weighted by molar-refractivity contribution is 6.32. The van der Waals surface area contributed by atoms with Crippen LogP contribution in [0.2, 0.25) is 5.02 Å². The van der Waals surface area contributed by atoms with E-state index in [4.69, 9.17) is 26.1 Å². The highest BCUT2D eigenvalue weighted by Crippen LogP contribution is 2.35. The van der Waals surface area contributed by atoms with E-state index in [1.54, 1.807) is 0 Å². The van der Waals surface area contributed by atoms with Crippen molar-refractivity contribution in [3.05, 3.63) is 52.4 Å². The van der Waals surface area contributed by atoms with E-state index >= 15 is 0 Å². The minimum Gasteiger partial charge on any atom is -0.492 e. The number of hydrogen-bond donors (Lipinski definition) is 0. The summed E-state index contributed by atoms with van der Waals surface area (Å²) in [5.74, 6) is 1.60. The van der Waals surface area contributed by atoms with Gasteiger partial charge in [0.1, 0.15) is 11.6 Å². The molecule has 3 heterocycles. The minimum absolute atomic E-state index is 0.121. The van der Waals surface area contributed by atoms with Crippen molar-refractivity contribution in [2.45, 2.75) is 46.8 Å². The normalized spacial score (nSPS) is 16.4. The standard InChI is InChI=1S/C23H26ClN3O2/c1-5-28-21-7-6-17(12-19(21)24)23-26-22(18-10-14(2)25-15(3)11-18)20-8-9-29-16(4)13-27(20)23/h6-7,10-12,16H,5,8-9,13H2,1-4H3. The average molecular weight is 412 g/mol. The molecule has 4 rings (SSSR count). The van der Waals surface area contributed by atoms with Crippen molar-refractivity contribution in [3.8, 4) is 28.4 Å². The van der Waals surface area contributed by atoms with Gasteiger partial charge in [-0.15, -0.1) is 0 Å². The van der Waals surface area contributed by atoms with Gasteiger partial charge < -0.3 is 14.0 Å². The number of nitrogens with zero attached hydrogens (tertiary/aromatic N) is 3. The third-order valence-electron chi connectivity index (χ3n) is 5.10. The van der Waals surface area contributed by atoms with Crippen LogP contribution in [0.25, 0.3) is 22.6 Å². The molecule has 6 heteroatoms. The van der Waals surface area contributed by atoms with Gasteiger partial charge in [-0.05, 0) is 58.0 Å². The van der Waals surface area contributed by atoms with Crippen molar-refractivity contribution in [2.24, 2.45) is 0 Å². The maximum absolute atomic E-state index is 6.47. The van der Waals surface area contributed by atoms with E-state index in [1.807, 2.05) is 39.0 Å². The molecule has 0 spiro atoms. The molecule has 0 saturated carbocycles. The van der Waals surface area contributed by atoms with Crippen LogP contribution in [0.4, 0.5) is 0 Å². The molecule has 1 atom stereocenters. The van der Waals surface area contributed by atoms with Gasteiger partial charge in [0.2, 0.25) is 0 Å². The van der Waals surface area contributed by atoms with Crippen LogP contribution >= 0.6 is 11.6 Å². The Hall–Kier alpha value is -2.37. The molecule has 0 amide bonds. The zero-order chi connectivity index (χ0) is 20.5. The molecular weight excluding hydrogens is 386 g/mol. The molecule has 1 aromatic carbocycles. The van der Waals surface area contributed by atoms with Gasteiger partial charge in [-0.1, -0.05) is 11.6 Å². The van der Waals surface area contributed by atoms with E-state index in [1.165, 1.54) is 5.69 Å². The third-order valence-corrected chi connectivity index (χ3v) is 5.39. The summed E-state index contributed by atoms with van der Waals surface area (Å²) >= 11 is 6.47. The summed E-state index contributed by atoms with van der Waals surface area (Å²) in [6.45, 7) is 10.1. The Bertz CT molecular complexity index is 1020. The highest BCUT2D eigenvalue weighted by atomic mass is 35.5. The predicted molar refractivity (Wildman–Crippen MR) is 116 cm³/mol. The number of rotatable bonds is 4. The fourth-order valence-corrected chi connectivity index (χ4v) is 4.17. The number of imidazole rings is 1. The number of hydrogen-bond acceptors (Lipinski definition) is 4. The molecule has 0 N–H and O–H groups in total. The SMILES string of the molecule is CCOc1ccc(-c2nc(-c3cc(C)nc(C)c3)c3n2CC(C)OCC3)cc1Cl. The van der Waals surface area contributed by atoms with Crippen LogP contribution in [0.1, 0.15) is 30.9 Å². The van der Waals surface area contributed by atoms with Gasteiger partial charge in [-0.3, -0.25) is 4.98 Å². The first kappa shape index (κ1) is 19.9. The lowest BCUT2D eigenvalue weighted by Crippen LogP contribution is -2.15. The topological polar surface area (TPSA) is 49.2 Å². The molecule has 3 aromatic rings. The summed E-state index contributed by atoms with van der Waals surface area (Å²) in [5.41, 5.74) is 6.24. The zero-order valence-electron chi connectivity index (χ0n) is 17.3. The van der Waals surface area contributed by atoms with E-state index in [0.29, 0.717) is 24.0 Å². The van der Waals surface area contributed by atoms with Gasteiger partial charge in [-0.2, -0.15) is 0 Å². The first-order valence-corrected chi connectivity index (χ1v) is 10.4. The molecule has 0 aliphatic carbocycles. The van der Waals surface area contributed by atoms with Gasteiger partial charge in [0.25, 0.3) is 0 Å². The van der Waals surface area contributed by atoms with Crippen molar-refractivity contribution < 1.29 is 9.47 Å². The number of ether oxygens (including phenoxy) is 2. The zero-order valence-corrected chi connectivity index (χ0v) is 18.1. The molecule has 0 saturated heterocycles. The van der Waals surface area contributed by atoms with Gasteiger partial charge in [0, 0.05) is 34.6 Å². The van der Waals surface area contributed by atoms with Crippen LogP contribution in [0.3, 0.4) is 0 Å². The lowest BCUT2D eigenvalue weighted by atomic mass is 10.1. The largest absolute Gasteiger partial charge is 0.492 e. The maximum atomic E-state index is 6.47. The fraction of sp³-hybridized carbons (Fsp3) is 0.391. The Morgan fingerprint density at radius 1 is 1.14 bits per heavy atom. The Morgan fingerprint density at radius 2 is 1.90 bits per heavy atom. The van der Waals surface area contributed by atoms with Gasteiger partial charge >= 0.3 is 0 Å². The predicted octanol–water partition coefficient (Wildman–Crippen LogP) is 5.24. The molecule has 29 heavy (non-hydrogen) atoms. The van der Waals surface area contributed by atoms with Crippen molar-refractivity contribution in [2.75, 3.05) is 13.2 Å². The number of aryl methyl sites for hydroxylation is 2. The second kappa shape index (κ2) is 8.17. The lowest BCUT2D eigenvalue weighted by Gasteiger charge is -2.13. The van der Waals surface area contributed by atoms with Crippen LogP contribution in [-0.2, 0) is 17.7 Å². The van der Waals surface area contributed by atoms with Crippen molar-refractivity contribution in [1.82, 2.24) is 14.5 Å². The third kappa shape index (κ3) is 4.02. The molecule has 0 fully saturated rings. The monoisotopic (exact) mass is 411 g/mol. The molecular formula is C23H26ClN3O2. The molecule has 5 nitrogen and oxygen atoms in total. The Balaban J connectivity index is 1.88. The van der Waals surface area contributed by atoms with E-state index in [2.05, 4.69) is 28.6 Å². The summed E-state index contributed by atoms with van der Waals surface area (Å²) < 4.78 is 13.8. The van der Waals surface area contributed by atoms with Crippen molar-refractivity contribution in [3.63, 3.8) is 0 Å². The summed E-state index contributed by atoms with van der Waals surface area (Å²) in [4.78, 5) is 9.60. The Morgan fingerprint density at radius 3 is 2.59 bits per heavy atom. The Labute approximate surface area is 176 Å². The highest BCUT2D eigenvalue weighted by Gasteiger charge is 2.24. The van der Waals surface area contributed by atoms with Gasteiger partial charge in [0.05, 0.1) is 36.6 Å². The molecule has 1 unspecified atom stereocenters. The van der Waals surface area contributed by atoms with Crippen LogP contribution in [0.15, 0.2) is 30.3 Å². The van der Waals surface area contributed by atoms with Gasteiger partial charge in [0.15, 0.2) is 0 Å². The lowest BCUT2D eigenvalue weighted by molar-refractivity contribution is 0.0666. The van der Waals surface area contributed by atoms with Crippen molar-refractivity contribution >= 4 is 11.6 Å². The van der Waals surface area contributed by atoms with E-state index in [9.17, 15) is 0 Å². The molecule has 0 radical (unpaired) electrons. The number of fused-ring (bicyclic) bond motifs is 1. The minimum atomic E-state index is 0.121.